The molecule has 0 saturated heterocycles. The zero-order chi connectivity index (χ0) is 15.2. The zero-order valence-electron chi connectivity index (χ0n) is 13.0. The molecule has 4 N–H and O–H groups in total. The van der Waals surface area contributed by atoms with Gasteiger partial charge in [0.1, 0.15) is 0 Å². The summed E-state index contributed by atoms with van der Waals surface area (Å²) in [6.45, 7) is 8.48. The van der Waals surface area contributed by atoms with E-state index < -0.39 is 0 Å². The maximum absolute atomic E-state index is 9.72. The van der Waals surface area contributed by atoms with Crippen LogP contribution >= 0.6 is 0 Å². The van der Waals surface area contributed by atoms with Gasteiger partial charge in [0.15, 0.2) is 0 Å². The van der Waals surface area contributed by atoms with Crippen molar-refractivity contribution in [3.8, 4) is 0 Å². The third-order valence-corrected chi connectivity index (χ3v) is 3.07. The Kier molecular flexibility index (Phi) is 13.6. The molecule has 0 bridgehead atoms. The molecule has 0 rings (SSSR count). The van der Waals surface area contributed by atoms with E-state index in [-0.39, 0.29) is 12.2 Å². The first kappa shape index (κ1) is 19.8. The number of nitrogens with zero attached hydrogens (tertiary/aromatic N) is 1. The van der Waals surface area contributed by atoms with Crippen molar-refractivity contribution < 1.29 is 19.7 Å². The number of hydrogen-bond acceptors (Lipinski definition) is 6. The first-order valence-electron chi connectivity index (χ1n) is 7.58. The Bertz CT molecular complexity index is 196. The van der Waals surface area contributed by atoms with Crippen molar-refractivity contribution >= 4 is 0 Å². The fraction of sp³-hybridized carbons (Fsp3) is 1.00. The van der Waals surface area contributed by atoms with Gasteiger partial charge in [0.2, 0.25) is 0 Å². The summed E-state index contributed by atoms with van der Waals surface area (Å²) in [7, 11) is 0. The molecule has 2 atom stereocenters. The van der Waals surface area contributed by atoms with Crippen molar-refractivity contribution in [3.05, 3.63) is 0 Å². The van der Waals surface area contributed by atoms with Gasteiger partial charge in [-0.15, -0.1) is 0 Å². The summed E-state index contributed by atoms with van der Waals surface area (Å²) < 4.78 is 10.7. The van der Waals surface area contributed by atoms with Gasteiger partial charge in [-0.25, -0.2) is 0 Å². The molecule has 0 aromatic heterocycles. The van der Waals surface area contributed by atoms with Crippen LogP contribution < -0.4 is 5.73 Å². The molecule has 0 aliphatic heterocycles. The smallest absolute Gasteiger partial charge is 0.0701 e. The molecule has 0 fully saturated rings. The Morgan fingerprint density at radius 1 is 0.900 bits per heavy atom. The lowest BCUT2D eigenvalue weighted by Crippen LogP contribution is -2.39. The quantitative estimate of drug-likeness (QED) is 0.385. The second-order valence-corrected chi connectivity index (χ2v) is 4.90. The lowest BCUT2D eigenvalue weighted by Gasteiger charge is -2.26. The highest BCUT2D eigenvalue weighted by Gasteiger charge is 2.13. The molecule has 20 heavy (non-hydrogen) atoms. The predicted octanol–water partition coefficient (Wildman–Crippen LogP) is -0.178. The molecule has 0 aromatic rings. The molecular formula is C14H32N2O4. The van der Waals surface area contributed by atoms with Crippen LogP contribution in [-0.2, 0) is 9.47 Å². The van der Waals surface area contributed by atoms with Crippen LogP contribution in [0.3, 0.4) is 0 Å². The average molecular weight is 292 g/mol. The van der Waals surface area contributed by atoms with Crippen molar-refractivity contribution in [1.82, 2.24) is 4.90 Å². The van der Waals surface area contributed by atoms with E-state index in [0.717, 1.165) is 0 Å². The van der Waals surface area contributed by atoms with Crippen LogP contribution in [0.2, 0.25) is 0 Å². The molecule has 0 radical (unpaired) electrons. The van der Waals surface area contributed by atoms with Crippen LogP contribution in [0.15, 0.2) is 0 Å². The maximum Gasteiger partial charge on any atom is 0.0701 e. The lowest BCUT2D eigenvalue weighted by molar-refractivity contribution is 0.0215. The van der Waals surface area contributed by atoms with Crippen molar-refractivity contribution in [3.63, 3.8) is 0 Å². The highest BCUT2D eigenvalue weighted by atomic mass is 16.5. The molecule has 0 heterocycles. The van der Waals surface area contributed by atoms with Crippen molar-refractivity contribution in [2.45, 2.75) is 38.9 Å². The molecule has 0 aromatic carbocycles. The lowest BCUT2D eigenvalue weighted by atomic mass is 10.2. The molecule has 2 unspecified atom stereocenters. The SMILES string of the molecule is CCC(O)CN(CCOCCOCCN)CC(O)CC. The van der Waals surface area contributed by atoms with Gasteiger partial charge in [-0.2, -0.15) is 0 Å². The van der Waals surface area contributed by atoms with E-state index in [1.54, 1.807) is 0 Å². The Balaban J connectivity index is 3.79. The number of aliphatic hydroxyl groups is 2. The van der Waals surface area contributed by atoms with Crippen LogP contribution in [0, 0.1) is 0 Å². The summed E-state index contributed by atoms with van der Waals surface area (Å²) in [6, 6.07) is 0. The zero-order valence-corrected chi connectivity index (χ0v) is 13.0. The van der Waals surface area contributed by atoms with E-state index in [0.29, 0.717) is 65.4 Å². The van der Waals surface area contributed by atoms with E-state index in [1.165, 1.54) is 0 Å². The van der Waals surface area contributed by atoms with Gasteiger partial charge < -0.3 is 25.4 Å². The summed E-state index contributed by atoms with van der Waals surface area (Å²) in [5.74, 6) is 0. The number of aliphatic hydroxyl groups excluding tert-OH is 2. The first-order chi connectivity index (χ1) is 9.63. The van der Waals surface area contributed by atoms with Gasteiger partial charge in [0, 0.05) is 26.2 Å². The molecule has 0 spiro atoms. The van der Waals surface area contributed by atoms with Gasteiger partial charge in [0.25, 0.3) is 0 Å². The Morgan fingerprint density at radius 3 is 1.85 bits per heavy atom. The fourth-order valence-electron chi connectivity index (χ4n) is 1.71. The first-order valence-corrected chi connectivity index (χ1v) is 7.58. The minimum Gasteiger partial charge on any atom is -0.392 e. The van der Waals surface area contributed by atoms with Crippen LogP contribution in [0.4, 0.5) is 0 Å². The largest absolute Gasteiger partial charge is 0.392 e. The summed E-state index contributed by atoms with van der Waals surface area (Å²) in [4.78, 5) is 2.04. The van der Waals surface area contributed by atoms with Crippen molar-refractivity contribution in [1.29, 1.82) is 0 Å². The van der Waals surface area contributed by atoms with Crippen LogP contribution in [0.5, 0.6) is 0 Å². The minimum absolute atomic E-state index is 0.355. The second kappa shape index (κ2) is 13.7. The highest BCUT2D eigenvalue weighted by Crippen LogP contribution is 2.01. The Hall–Kier alpha value is -0.240. The third-order valence-electron chi connectivity index (χ3n) is 3.07. The molecule has 0 amide bonds. The summed E-state index contributed by atoms with van der Waals surface area (Å²) >= 11 is 0. The van der Waals surface area contributed by atoms with Crippen LogP contribution in [0.25, 0.3) is 0 Å². The van der Waals surface area contributed by atoms with E-state index in [4.69, 9.17) is 15.2 Å². The van der Waals surface area contributed by atoms with E-state index in [2.05, 4.69) is 0 Å². The Labute approximate surface area is 122 Å². The van der Waals surface area contributed by atoms with E-state index >= 15 is 0 Å². The number of rotatable bonds is 14. The van der Waals surface area contributed by atoms with Crippen LogP contribution in [-0.4, -0.2) is 79.9 Å². The molecule has 0 saturated carbocycles. The monoisotopic (exact) mass is 292 g/mol. The normalized spacial score (nSPS) is 14.7. The van der Waals surface area contributed by atoms with Gasteiger partial charge >= 0.3 is 0 Å². The van der Waals surface area contributed by atoms with Crippen LogP contribution in [0.1, 0.15) is 26.7 Å². The predicted molar refractivity (Wildman–Crippen MR) is 79.7 cm³/mol. The average Bonchev–Trinajstić information content (AvgIpc) is 2.45. The molecule has 6 nitrogen and oxygen atoms in total. The van der Waals surface area contributed by atoms with E-state index in [1.807, 2.05) is 18.7 Å². The maximum atomic E-state index is 9.72. The molecule has 122 valence electrons. The molecular weight excluding hydrogens is 260 g/mol. The van der Waals surface area contributed by atoms with Crippen molar-refractivity contribution in [2.75, 3.05) is 52.6 Å². The van der Waals surface area contributed by atoms with Gasteiger partial charge in [0.05, 0.1) is 38.6 Å². The molecule has 6 heteroatoms. The summed E-state index contributed by atoms with van der Waals surface area (Å²) in [5.41, 5.74) is 5.31. The van der Waals surface area contributed by atoms with Gasteiger partial charge in [-0.3, -0.25) is 4.90 Å². The Morgan fingerprint density at radius 2 is 1.40 bits per heavy atom. The third kappa shape index (κ3) is 11.6. The summed E-state index contributed by atoms with van der Waals surface area (Å²) in [6.07, 6.45) is 0.720. The number of hydrogen-bond donors (Lipinski definition) is 3. The molecule has 0 aliphatic rings. The topological polar surface area (TPSA) is 88.2 Å². The van der Waals surface area contributed by atoms with Gasteiger partial charge in [-0.1, -0.05) is 13.8 Å². The standard InChI is InChI=1S/C14H32N2O4/c1-3-13(17)11-16(12-14(18)4-2)6-8-20-10-9-19-7-5-15/h13-14,17-18H,3-12,15H2,1-2H3. The second-order valence-electron chi connectivity index (χ2n) is 4.90. The summed E-state index contributed by atoms with van der Waals surface area (Å²) in [5, 5.41) is 19.4. The van der Waals surface area contributed by atoms with Gasteiger partial charge in [-0.05, 0) is 12.8 Å². The highest BCUT2D eigenvalue weighted by molar-refractivity contribution is 4.67. The minimum atomic E-state index is -0.355. The fourth-order valence-corrected chi connectivity index (χ4v) is 1.71. The van der Waals surface area contributed by atoms with E-state index in [9.17, 15) is 10.2 Å². The number of ether oxygens (including phenoxy) is 2. The van der Waals surface area contributed by atoms with Crippen molar-refractivity contribution in [2.24, 2.45) is 5.73 Å². The number of nitrogens with two attached hydrogens (primary N) is 1. The molecule has 0 aliphatic carbocycles.